The molecule has 0 radical (unpaired) electrons. The van der Waals surface area contributed by atoms with Gasteiger partial charge in [0, 0.05) is 40.4 Å². The molecule has 0 amide bonds. The molecule has 1 aliphatic heterocycles. The van der Waals surface area contributed by atoms with Crippen molar-refractivity contribution in [3.05, 3.63) is 0 Å². The van der Waals surface area contributed by atoms with Crippen molar-refractivity contribution in [3.8, 4) is 0 Å². The molecule has 0 unspecified atom stereocenters. The van der Waals surface area contributed by atoms with Crippen LogP contribution in [0.5, 0.6) is 0 Å². The van der Waals surface area contributed by atoms with Gasteiger partial charge < -0.3 is 15.0 Å². The lowest BCUT2D eigenvalue weighted by Crippen LogP contribution is -2.41. The van der Waals surface area contributed by atoms with E-state index in [1.807, 2.05) is 7.05 Å². The van der Waals surface area contributed by atoms with Gasteiger partial charge in [-0.05, 0) is 18.3 Å². The number of nitrogens with one attached hydrogen (secondary N) is 1. The number of likely N-dealkylation sites (tertiary alicyclic amines) is 1. The molecular weight excluding hydrogens is 202 g/mol. The van der Waals surface area contributed by atoms with Crippen molar-refractivity contribution in [3.63, 3.8) is 0 Å². The number of aliphatic imine (C=N–C) groups is 1. The van der Waals surface area contributed by atoms with E-state index in [4.69, 9.17) is 4.74 Å². The van der Waals surface area contributed by atoms with Gasteiger partial charge in [-0.2, -0.15) is 0 Å². The second-order valence-corrected chi connectivity index (χ2v) is 5.16. The van der Waals surface area contributed by atoms with E-state index in [1.165, 1.54) is 6.42 Å². The first-order chi connectivity index (χ1) is 7.59. The fourth-order valence-corrected chi connectivity index (χ4v) is 2.04. The zero-order valence-electron chi connectivity index (χ0n) is 11.0. The van der Waals surface area contributed by atoms with E-state index in [-0.39, 0.29) is 0 Å². The summed E-state index contributed by atoms with van der Waals surface area (Å²) >= 11 is 0. The Hall–Kier alpha value is -0.770. The number of hydrogen-bond acceptors (Lipinski definition) is 2. The van der Waals surface area contributed by atoms with Crippen LogP contribution in [0.4, 0.5) is 0 Å². The van der Waals surface area contributed by atoms with Crippen molar-refractivity contribution < 1.29 is 4.74 Å². The van der Waals surface area contributed by atoms with Crippen molar-refractivity contribution in [2.75, 3.05) is 40.4 Å². The van der Waals surface area contributed by atoms with Gasteiger partial charge in [0.25, 0.3) is 0 Å². The van der Waals surface area contributed by atoms with E-state index in [9.17, 15) is 0 Å². The van der Waals surface area contributed by atoms with Crippen molar-refractivity contribution >= 4 is 5.96 Å². The number of hydrogen-bond donors (Lipinski definition) is 1. The first kappa shape index (κ1) is 13.3. The van der Waals surface area contributed by atoms with Crippen LogP contribution in [0.3, 0.4) is 0 Å². The lowest BCUT2D eigenvalue weighted by molar-refractivity contribution is 0.195. The summed E-state index contributed by atoms with van der Waals surface area (Å²) in [4.78, 5) is 6.66. The Morgan fingerprint density at radius 3 is 2.75 bits per heavy atom. The van der Waals surface area contributed by atoms with Gasteiger partial charge in [-0.3, -0.25) is 4.99 Å². The summed E-state index contributed by atoms with van der Waals surface area (Å²) in [5.41, 5.74) is 0.421. The fraction of sp³-hybridized carbons (Fsp3) is 0.917. The van der Waals surface area contributed by atoms with E-state index >= 15 is 0 Å². The normalized spacial score (nSPS) is 20.2. The Balaban J connectivity index is 2.33. The topological polar surface area (TPSA) is 36.9 Å². The molecule has 94 valence electrons. The number of ether oxygens (including phenoxy) is 1. The quantitative estimate of drug-likeness (QED) is 0.447. The molecule has 4 heteroatoms. The van der Waals surface area contributed by atoms with E-state index < -0.39 is 0 Å². The molecule has 0 saturated carbocycles. The van der Waals surface area contributed by atoms with E-state index in [0.29, 0.717) is 5.41 Å². The van der Waals surface area contributed by atoms with Crippen molar-refractivity contribution in [1.29, 1.82) is 0 Å². The maximum absolute atomic E-state index is 5.02. The molecule has 1 heterocycles. The standard InChI is InChI=1S/C12H25N3O/c1-12(2)6-8-15(10-12)11(13-3)14-7-5-9-16-4/h5-10H2,1-4H3,(H,13,14). The maximum Gasteiger partial charge on any atom is 0.193 e. The van der Waals surface area contributed by atoms with Gasteiger partial charge in [-0.1, -0.05) is 13.8 Å². The Morgan fingerprint density at radius 2 is 2.25 bits per heavy atom. The highest BCUT2D eigenvalue weighted by atomic mass is 16.5. The molecule has 0 bridgehead atoms. The Kier molecular flexibility index (Phi) is 5.06. The molecule has 16 heavy (non-hydrogen) atoms. The van der Waals surface area contributed by atoms with Gasteiger partial charge in [0.1, 0.15) is 0 Å². The van der Waals surface area contributed by atoms with Crippen LogP contribution in [0, 0.1) is 5.41 Å². The summed E-state index contributed by atoms with van der Waals surface area (Å²) in [6.45, 7) is 8.55. The third-order valence-corrected chi connectivity index (χ3v) is 3.00. The first-order valence-electron chi connectivity index (χ1n) is 6.03. The number of nitrogens with zero attached hydrogens (tertiary/aromatic N) is 2. The summed E-state index contributed by atoms with van der Waals surface area (Å²) in [5.74, 6) is 1.03. The Labute approximate surface area is 99.1 Å². The van der Waals surface area contributed by atoms with Crippen LogP contribution in [-0.2, 0) is 4.74 Å². The smallest absolute Gasteiger partial charge is 0.193 e. The molecule has 0 aromatic heterocycles. The molecule has 0 aromatic rings. The number of rotatable bonds is 4. The molecule has 1 N–H and O–H groups in total. The lowest BCUT2D eigenvalue weighted by Gasteiger charge is -2.23. The van der Waals surface area contributed by atoms with Crippen molar-refractivity contribution in [2.24, 2.45) is 10.4 Å². The van der Waals surface area contributed by atoms with Gasteiger partial charge in [0.15, 0.2) is 5.96 Å². The van der Waals surface area contributed by atoms with Crippen LogP contribution in [-0.4, -0.2) is 51.3 Å². The first-order valence-corrected chi connectivity index (χ1v) is 6.03. The van der Waals surface area contributed by atoms with Gasteiger partial charge >= 0.3 is 0 Å². The SMILES string of the molecule is CN=C(NCCCOC)N1CCC(C)(C)C1. The molecule has 1 saturated heterocycles. The number of guanidine groups is 1. The predicted octanol–water partition coefficient (Wildman–Crippen LogP) is 1.33. The van der Waals surface area contributed by atoms with Crippen LogP contribution in [0.15, 0.2) is 4.99 Å². The van der Waals surface area contributed by atoms with Crippen LogP contribution in [0.1, 0.15) is 26.7 Å². The molecule has 0 spiro atoms. The minimum absolute atomic E-state index is 0.421. The third kappa shape index (κ3) is 4.00. The highest BCUT2D eigenvalue weighted by Crippen LogP contribution is 2.28. The van der Waals surface area contributed by atoms with Crippen molar-refractivity contribution in [1.82, 2.24) is 10.2 Å². The van der Waals surface area contributed by atoms with E-state index in [1.54, 1.807) is 7.11 Å². The minimum Gasteiger partial charge on any atom is -0.385 e. The molecule has 1 rings (SSSR count). The average Bonchev–Trinajstić information content (AvgIpc) is 2.59. The molecule has 0 aromatic carbocycles. The minimum atomic E-state index is 0.421. The second-order valence-electron chi connectivity index (χ2n) is 5.16. The van der Waals surface area contributed by atoms with Crippen LogP contribution >= 0.6 is 0 Å². The summed E-state index contributed by atoms with van der Waals surface area (Å²) in [5, 5.41) is 3.38. The maximum atomic E-state index is 5.02. The Morgan fingerprint density at radius 1 is 1.50 bits per heavy atom. The van der Waals surface area contributed by atoms with Crippen LogP contribution in [0.2, 0.25) is 0 Å². The summed E-state index contributed by atoms with van der Waals surface area (Å²) in [6.07, 6.45) is 2.26. The summed E-state index contributed by atoms with van der Waals surface area (Å²) in [7, 11) is 3.59. The van der Waals surface area contributed by atoms with E-state index in [2.05, 4.69) is 29.1 Å². The molecule has 1 aliphatic rings. The molecule has 4 nitrogen and oxygen atoms in total. The lowest BCUT2D eigenvalue weighted by atomic mass is 9.93. The second kappa shape index (κ2) is 6.09. The van der Waals surface area contributed by atoms with Crippen LogP contribution in [0.25, 0.3) is 0 Å². The van der Waals surface area contributed by atoms with Gasteiger partial charge in [-0.15, -0.1) is 0 Å². The molecule has 0 atom stereocenters. The van der Waals surface area contributed by atoms with Gasteiger partial charge in [0.2, 0.25) is 0 Å². The average molecular weight is 227 g/mol. The van der Waals surface area contributed by atoms with Crippen molar-refractivity contribution in [2.45, 2.75) is 26.7 Å². The summed E-state index contributed by atoms with van der Waals surface area (Å²) in [6, 6.07) is 0. The zero-order chi connectivity index (χ0) is 12.0. The van der Waals surface area contributed by atoms with Crippen LogP contribution < -0.4 is 5.32 Å². The van der Waals surface area contributed by atoms with Gasteiger partial charge in [0.05, 0.1) is 0 Å². The predicted molar refractivity (Wildman–Crippen MR) is 67.8 cm³/mol. The molecular formula is C12H25N3O. The molecule has 0 aliphatic carbocycles. The summed E-state index contributed by atoms with van der Waals surface area (Å²) < 4.78 is 5.02. The number of methoxy groups -OCH3 is 1. The van der Waals surface area contributed by atoms with Gasteiger partial charge in [-0.25, -0.2) is 0 Å². The zero-order valence-corrected chi connectivity index (χ0v) is 11.0. The molecule has 1 fully saturated rings. The highest BCUT2D eigenvalue weighted by Gasteiger charge is 2.30. The largest absolute Gasteiger partial charge is 0.385 e. The Bertz CT molecular complexity index is 238. The van der Waals surface area contributed by atoms with E-state index in [0.717, 1.165) is 38.6 Å². The highest BCUT2D eigenvalue weighted by molar-refractivity contribution is 5.80. The monoisotopic (exact) mass is 227 g/mol. The fourth-order valence-electron chi connectivity index (χ4n) is 2.04. The third-order valence-electron chi connectivity index (χ3n) is 3.00.